The van der Waals surface area contributed by atoms with Gasteiger partial charge in [0.15, 0.2) is 5.96 Å². The molecule has 0 radical (unpaired) electrons. The molecule has 0 saturated heterocycles. The smallest absolute Gasteiger partial charge is 0.191 e. The lowest BCUT2D eigenvalue weighted by atomic mass is 10.1. The van der Waals surface area contributed by atoms with Crippen LogP contribution in [-0.2, 0) is 24.3 Å². The molecular weight excluding hydrogens is 443 g/mol. The minimum atomic E-state index is 0. The van der Waals surface area contributed by atoms with E-state index in [2.05, 4.69) is 44.8 Å². The van der Waals surface area contributed by atoms with Crippen molar-refractivity contribution in [3.8, 4) is 0 Å². The molecular formula is C18H27IN6O. The van der Waals surface area contributed by atoms with E-state index in [9.17, 15) is 0 Å². The fourth-order valence-electron chi connectivity index (χ4n) is 2.86. The van der Waals surface area contributed by atoms with Crippen molar-refractivity contribution in [2.24, 2.45) is 4.99 Å². The Morgan fingerprint density at radius 3 is 3.00 bits per heavy atom. The van der Waals surface area contributed by atoms with E-state index in [-0.39, 0.29) is 24.0 Å². The van der Waals surface area contributed by atoms with Gasteiger partial charge < -0.3 is 15.4 Å². The second kappa shape index (κ2) is 11.1. The predicted octanol–water partition coefficient (Wildman–Crippen LogP) is 1.98. The highest BCUT2D eigenvalue weighted by atomic mass is 127. The zero-order valence-corrected chi connectivity index (χ0v) is 17.4. The Labute approximate surface area is 171 Å². The van der Waals surface area contributed by atoms with Gasteiger partial charge in [-0.2, -0.15) is 5.10 Å². The second-order valence-corrected chi connectivity index (χ2v) is 6.04. The van der Waals surface area contributed by atoms with Crippen molar-refractivity contribution in [2.45, 2.75) is 39.0 Å². The van der Waals surface area contributed by atoms with Crippen LogP contribution in [0.15, 0.2) is 41.7 Å². The average molecular weight is 470 g/mol. The molecule has 142 valence electrons. The topological polar surface area (TPSA) is 76.4 Å². The number of halogens is 1. The molecule has 1 aliphatic heterocycles. The molecule has 2 N–H and O–H groups in total. The first-order valence-corrected chi connectivity index (χ1v) is 8.88. The van der Waals surface area contributed by atoms with Gasteiger partial charge in [-0.15, -0.1) is 24.0 Å². The summed E-state index contributed by atoms with van der Waals surface area (Å²) in [5.74, 6) is 1.90. The highest BCUT2D eigenvalue weighted by Crippen LogP contribution is 2.11. The van der Waals surface area contributed by atoms with Crippen molar-refractivity contribution >= 4 is 29.9 Å². The van der Waals surface area contributed by atoms with Crippen molar-refractivity contribution < 1.29 is 4.74 Å². The summed E-state index contributed by atoms with van der Waals surface area (Å²) in [6.07, 6.45) is 3.60. The maximum absolute atomic E-state index is 5.69. The number of aliphatic imine (C=N–C) groups is 1. The summed E-state index contributed by atoms with van der Waals surface area (Å²) in [7, 11) is 0. The summed E-state index contributed by atoms with van der Waals surface area (Å²) in [5.41, 5.74) is 1.18. The number of benzene rings is 1. The van der Waals surface area contributed by atoms with Crippen LogP contribution in [0.3, 0.4) is 0 Å². The van der Waals surface area contributed by atoms with Gasteiger partial charge in [0.05, 0.1) is 26.3 Å². The number of hydrogen-bond donors (Lipinski definition) is 2. The first-order chi connectivity index (χ1) is 12.3. The Morgan fingerprint density at radius 1 is 1.35 bits per heavy atom. The quantitative estimate of drug-likeness (QED) is 0.280. The third-order valence-electron chi connectivity index (χ3n) is 4.11. The number of nitrogens with zero attached hydrogens (tertiary/aromatic N) is 4. The molecule has 7 nitrogen and oxygen atoms in total. The van der Waals surface area contributed by atoms with Gasteiger partial charge in [-0.05, 0) is 18.9 Å². The van der Waals surface area contributed by atoms with Crippen LogP contribution in [0.5, 0.6) is 0 Å². The van der Waals surface area contributed by atoms with Gasteiger partial charge in [0.25, 0.3) is 0 Å². The number of rotatable bonds is 7. The highest BCUT2D eigenvalue weighted by Gasteiger charge is 2.20. The Hall–Kier alpha value is -1.68. The fraction of sp³-hybridized carbons (Fsp3) is 0.500. The summed E-state index contributed by atoms with van der Waals surface area (Å²) >= 11 is 0. The molecule has 1 aromatic heterocycles. The SMILES string of the molecule is CCNC(=NCCOCc1ccccc1)NC1CCc2ncnn2C1.I. The largest absolute Gasteiger partial charge is 0.375 e. The molecule has 3 rings (SSSR count). The first kappa shape index (κ1) is 20.6. The molecule has 1 atom stereocenters. The summed E-state index contributed by atoms with van der Waals surface area (Å²) in [5, 5.41) is 11.0. The first-order valence-electron chi connectivity index (χ1n) is 8.88. The molecule has 0 saturated carbocycles. The van der Waals surface area contributed by atoms with Crippen molar-refractivity contribution in [1.29, 1.82) is 0 Å². The minimum Gasteiger partial charge on any atom is -0.375 e. The zero-order chi connectivity index (χ0) is 17.3. The van der Waals surface area contributed by atoms with E-state index in [4.69, 9.17) is 4.74 Å². The lowest BCUT2D eigenvalue weighted by Crippen LogP contribution is -2.47. The fourth-order valence-corrected chi connectivity index (χ4v) is 2.86. The van der Waals surface area contributed by atoms with Crippen LogP contribution < -0.4 is 10.6 Å². The molecule has 26 heavy (non-hydrogen) atoms. The summed E-state index contributed by atoms with van der Waals surface area (Å²) in [4.78, 5) is 8.87. The Bertz CT molecular complexity index is 675. The van der Waals surface area contributed by atoms with Crippen molar-refractivity contribution in [3.63, 3.8) is 0 Å². The Balaban J connectivity index is 0.00000243. The zero-order valence-electron chi connectivity index (χ0n) is 15.1. The monoisotopic (exact) mass is 470 g/mol. The number of ether oxygens (including phenoxy) is 1. The van der Waals surface area contributed by atoms with Gasteiger partial charge >= 0.3 is 0 Å². The summed E-state index contributed by atoms with van der Waals surface area (Å²) in [6, 6.07) is 10.5. The van der Waals surface area contributed by atoms with Gasteiger partial charge in [0.1, 0.15) is 12.2 Å². The van der Waals surface area contributed by atoms with Gasteiger partial charge in [-0.25, -0.2) is 9.67 Å². The van der Waals surface area contributed by atoms with Crippen LogP contribution in [0.25, 0.3) is 0 Å². The number of nitrogens with one attached hydrogen (secondary N) is 2. The highest BCUT2D eigenvalue weighted by molar-refractivity contribution is 14.0. The Morgan fingerprint density at radius 2 is 2.19 bits per heavy atom. The third-order valence-corrected chi connectivity index (χ3v) is 4.11. The molecule has 0 amide bonds. The maximum Gasteiger partial charge on any atom is 0.191 e. The maximum atomic E-state index is 5.69. The molecule has 1 aromatic carbocycles. The van der Waals surface area contributed by atoms with Crippen LogP contribution in [0, 0.1) is 0 Å². The van der Waals surface area contributed by atoms with Crippen molar-refractivity contribution in [2.75, 3.05) is 19.7 Å². The molecule has 1 unspecified atom stereocenters. The standard InChI is InChI=1S/C18H26N6O.HI/c1-2-19-18(20-10-11-25-13-15-6-4-3-5-7-15)23-16-8-9-17-21-14-22-24(17)12-16;/h3-7,14,16H,2,8-13H2,1H3,(H2,19,20,23);1H. The van der Waals surface area contributed by atoms with E-state index < -0.39 is 0 Å². The van der Waals surface area contributed by atoms with Crippen LogP contribution in [0.1, 0.15) is 24.7 Å². The molecule has 8 heteroatoms. The lowest BCUT2D eigenvalue weighted by Gasteiger charge is -2.25. The molecule has 1 aliphatic rings. The van der Waals surface area contributed by atoms with E-state index in [0.29, 0.717) is 25.8 Å². The lowest BCUT2D eigenvalue weighted by molar-refractivity contribution is 0.128. The molecule has 2 aromatic rings. The number of fused-ring (bicyclic) bond motifs is 1. The van der Waals surface area contributed by atoms with E-state index in [0.717, 1.165) is 37.7 Å². The molecule has 0 aliphatic carbocycles. The van der Waals surface area contributed by atoms with Crippen LogP contribution in [-0.4, -0.2) is 46.5 Å². The third kappa shape index (κ3) is 6.24. The van der Waals surface area contributed by atoms with Crippen molar-refractivity contribution in [3.05, 3.63) is 48.0 Å². The average Bonchev–Trinajstić information content (AvgIpc) is 3.10. The van der Waals surface area contributed by atoms with Crippen LogP contribution in [0.2, 0.25) is 0 Å². The normalized spacial score (nSPS) is 16.5. The van der Waals surface area contributed by atoms with E-state index >= 15 is 0 Å². The number of aryl methyl sites for hydroxylation is 1. The van der Waals surface area contributed by atoms with E-state index in [1.165, 1.54) is 5.56 Å². The van der Waals surface area contributed by atoms with E-state index in [1.807, 2.05) is 22.9 Å². The minimum absolute atomic E-state index is 0. The molecule has 0 bridgehead atoms. The molecule has 0 fully saturated rings. The van der Waals surface area contributed by atoms with Gasteiger partial charge in [0, 0.05) is 19.0 Å². The van der Waals surface area contributed by atoms with Gasteiger partial charge in [-0.1, -0.05) is 30.3 Å². The van der Waals surface area contributed by atoms with Gasteiger partial charge in [-0.3, -0.25) is 4.99 Å². The van der Waals surface area contributed by atoms with Crippen LogP contribution >= 0.6 is 24.0 Å². The van der Waals surface area contributed by atoms with Gasteiger partial charge in [0.2, 0.25) is 0 Å². The summed E-state index contributed by atoms with van der Waals surface area (Å²) in [6.45, 7) is 5.58. The van der Waals surface area contributed by atoms with Crippen molar-refractivity contribution in [1.82, 2.24) is 25.4 Å². The second-order valence-electron chi connectivity index (χ2n) is 6.04. The number of guanidine groups is 1. The van der Waals surface area contributed by atoms with E-state index in [1.54, 1.807) is 6.33 Å². The molecule has 2 heterocycles. The summed E-state index contributed by atoms with van der Waals surface area (Å²) < 4.78 is 7.66. The number of hydrogen-bond acceptors (Lipinski definition) is 4. The predicted molar refractivity (Wildman–Crippen MR) is 113 cm³/mol. The Kier molecular flexibility index (Phi) is 8.82. The number of aromatic nitrogens is 3. The molecule has 0 spiro atoms. The van der Waals surface area contributed by atoms with Crippen LogP contribution in [0.4, 0.5) is 0 Å².